The zero-order valence-corrected chi connectivity index (χ0v) is 8.58. The molecule has 0 atom stereocenters. The molecule has 0 aromatic heterocycles. The minimum atomic E-state index is 0.864. The summed E-state index contributed by atoms with van der Waals surface area (Å²) in [6, 6.07) is 0.874. The third kappa shape index (κ3) is 2.03. The molecule has 0 amide bonds. The average Bonchev–Trinajstić information content (AvgIpc) is 1.98. The molecule has 2 heterocycles. The van der Waals surface area contributed by atoms with E-state index in [2.05, 4.69) is 16.8 Å². The first-order valence-corrected chi connectivity index (χ1v) is 5.42. The predicted octanol–water partition coefficient (Wildman–Crippen LogP) is -0.0289. The molecule has 2 saturated heterocycles. The summed E-state index contributed by atoms with van der Waals surface area (Å²) < 4.78 is 0. The summed E-state index contributed by atoms with van der Waals surface area (Å²) in [6.07, 6.45) is 2.55. The molecule has 13 heavy (non-hydrogen) atoms. The van der Waals surface area contributed by atoms with E-state index in [0.29, 0.717) is 0 Å². The van der Waals surface area contributed by atoms with Crippen molar-refractivity contribution in [2.24, 2.45) is 11.7 Å². The summed E-state index contributed by atoms with van der Waals surface area (Å²) in [7, 11) is 2.20. The van der Waals surface area contributed by atoms with Gasteiger partial charge in [-0.05, 0) is 32.4 Å². The van der Waals surface area contributed by atoms with E-state index in [4.69, 9.17) is 5.73 Å². The highest BCUT2D eigenvalue weighted by molar-refractivity contribution is 4.92. The zero-order chi connectivity index (χ0) is 9.26. The maximum atomic E-state index is 5.49. The van der Waals surface area contributed by atoms with Crippen molar-refractivity contribution >= 4 is 0 Å². The number of hydrogen-bond acceptors (Lipinski definition) is 3. The largest absolute Gasteiger partial charge is 0.330 e. The first kappa shape index (κ1) is 9.44. The van der Waals surface area contributed by atoms with Crippen LogP contribution in [0.4, 0.5) is 0 Å². The quantitative estimate of drug-likeness (QED) is 0.664. The van der Waals surface area contributed by atoms with Gasteiger partial charge in [0, 0.05) is 32.2 Å². The van der Waals surface area contributed by atoms with E-state index >= 15 is 0 Å². The summed E-state index contributed by atoms with van der Waals surface area (Å²) in [4.78, 5) is 5.01. The van der Waals surface area contributed by atoms with Crippen molar-refractivity contribution in [3.8, 4) is 0 Å². The van der Waals surface area contributed by atoms with E-state index in [1.54, 1.807) is 0 Å². The van der Waals surface area contributed by atoms with Gasteiger partial charge in [-0.2, -0.15) is 0 Å². The lowest BCUT2D eigenvalue weighted by Crippen LogP contribution is -2.64. The third-order valence-corrected chi connectivity index (χ3v) is 3.36. The Morgan fingerprint density at radius 3 is 2.46 bits per heavy atom. The highest BCUT2D eigenvalue weighted by Crippen LogP contribution is 2.25. The van der Waals surface area contributed by atoms with Crippen molar-refractivity contribution < 1.29 is 0 Å². The van der Waals surface area contributed by atoms with Crippen LogP contribution in [0.3, 0.4) is 0 Å². The van der Waals surface area contributed by atoms with Gasteiger partial charge in [0.25, 0.3) is 0 Å². The molecule has 0 aromatic carbocycles. The molecule has 0 spiro atoms. The predicted molar refractivity (Wildman–Crippen MR) is 54.6 cm³/mol. The molecule has 2 aliphatic rings. The number of nitrogens with zero attached hydrogens (tertiary/aromatic N) is 2. The number of likely N-dealkylation sites (tertiary alicyclic amines) is 2. The molecular weight excluding hydrogens is 162 g/mol. The Labute approximate surface area is 80.9 Å². The molecule has 0 bridgehead atoms. The molecule has 0 saturated carbocycles. The van der Waals surface area contributed by atoms with Gasteiger partial charge in [0.05, 0.1) is 0 Å². The van der Waals surface area contributed by atoms with Gasteiger partial charge >= 0.3 is 0 Å². The monoisotopic (exact) mass is 183 g/mol. The minimum Gasteiger partial charge on any atom is -0.330 e. The minimum absolute atomic E-state index is 0.864. The molecule has 0 unspecified atom stereocenters. The van der Waals surface area contributed by atoms with Gasteiger partial charge in [0.15, 0.2) is 0 Å². The normalized spacial score (nSPS) is 27.2. The highest BCUT2D eigenvalue weighted by atomic mass is 15.3. The van der Waals surface area contributed by atoms with Crippen molar-refractivity contribution in [2.75, 3.05) is 39.8 Å². The van der Waals surface area contributed by atoms with Crippen molar-refractivity contribution in [2.45, 2.75) is 18.9 Å². The fraction of sp³-hybridized carbons (Fsp3) is 1.00. The fourth-order valence-corrected chi connectivity index (χ4v) is 2.39. The van der Waals surface area contributed by atoms with Crippen LogP contribution in [-0.4, -0.2) is 55.6 Å². The topological polar surface area (TPSA) is 32.5 Å². The Balaban J connectivity index is 1.57. The maximum absolute atomic E-state index is 5.49. The Morgan fingerprint density at radius 1 is 1.23 bits per heavy atom. The van der Waals surface area contributed by atoms with E-state index in [0.717, 1.165) is 18.5 Å². The van der Waals surface area contributed by atoms with E-state index < -0.39 is 0 Å². The smallest absolute Gasteiger partial charge is 0.0350 e. The van der Waals surface area contributed by atoms with Gasteiger partial charge < -0.3 is 10.6 Å². The van der Waals surface area contributed by atoms with Crippen LogP contribution < -0.4 is 5.73 Å². The first-order chi connectivity index (χ1) is 6.29. The van der Waals surface area contributed by atoms with Gasteiger partial charge in [0.1, 0.15) is 0 Å². The molecule has 3 nitrogen and oxygen atoms in total. The summed E-state index contributed by atoms with van der Waals surface area (Å²) in [5.41, 5.74) is 5.49. The molecular formula is C10H21N3. The molecule has 0 aromatic rings. The van der Waals surface area contributed by atoms with Crippen molar-refractivity contribution in [1.82, 2.24) is 9.80 Å². The van der Waals surface area contributed by atoms with E-state index in [1.807, 2.05) is 0 Å². The van der Waals surface area contributed by atoms with Crippen molar-refractivity contribution in [3.05, 3.63) is 0 Å². The summed E-state index contributed by atoms with van der Waals surface area (Å²) in [5.74, 6) is 0.953. The van der Waals surface area contributed by atoms with Crippen LogP contribution >= 0.6 is 0 Å². The lowest BCUT2D eigenvalue weighted by molar-refractivity contribution is -0.0230. The third-order valence-electron chi connectivity index (χ3n) is 3.36. The second-order valence-electron chi connectivity index (χ2n) is 4.63. The zero-order valence-electron chi connectivity index (χ0n) is 8.58. The molecule has 2 aliphatic heterocycles. The first-order valence-electron chi connectivity index (χ1n) is 5.42. The van der Waals surface area contributed by atoms with Gasteiger partial charge in [-0.3, -0.25) is 4.90 Å². The Kier molecular flexibility index (Phi) is 2.86. The van der Waals surface area contributed by atoms with Gasteiger partial charge in [-0.1, -0.05) is 0 Å². The molecule has 3 heteroatoms. The Bertz CT molecular complexity index is 160. The van der Waals surface area contributed by atoms with Crippen LogP contribution in [-0.2, 0) is 0 Å². The van der Waals surface area contributed by atoms with E-state index in [-0.39, 0.29) is 0 Å². The molecule has 2 rings (SSSR count). The maximum Gasteiger partial charge on any atom is 0.0350 e. The van der Waals surface area contributed by atoms with Crippen LogP contribution in [0.25, 0.3) is 0 Å². The van der Waals surface area contributed by atoms with Crippen LogP contribution in [0.1, 0.15) is 12.8 Å². The highest BCUT2D eigenvalue weighted by Gasteiger charge is 2.36. The number of nitrogens with two attached hydrogens (primary N) is 1. The second kappa shape index (κ2) is 3.95. The van der Waals surface area contributed by atoms with Crippen molar-refractivity contribution in [3.63, 3.8) is 0 Å². The lowest BCUT2D eigenvalue weighted by Gasteiger charge is -2.51. The van der Waals surface area contributed by atoms with Crippen molar-refractivity contribution in [1.29, 1.82) is 0 Å². The van der Waals surface area contributed by atoms with Gasteiger partial charge in [-0.25, -0.2) is 0 Å². The summed E-state index contributed by atoms with van der Waals surface area (Å²) in [5, 5.41) is 0. The van der Waals surface area contributed by atoms with Crippen LogP contribution in [0.2, 0.25) is 0 Å². The lowest BCUT2D eigenvalue weighted by atomic mass is 9.91. The molecule has 2 N–H and O–H groups in total. The van der Waals surface area contributed by atoms with Crippen LogP contribution in [0.15, 0.2) is 0 Å². The summed E-state index contributed by atoms with van der Waals surface area (Å²) >= 11 is 0. The molecule has 0 radical (unpaired) electrons. The second-order valence-corrected chi connectivity index (χ2v) is 4.63. The number of likely N-dealkylation sites (N-methyl/N-ethyl adjacent to an activating group) is 1. The van der Waals surface area contributed by atoms with Gasteiger partial charge in [0.2, 0.25) is 0 Å². The van der Waals surface area contributed by atoms with Crippen LogP contribution in [0.5, 0.6) is 0 Å². The van der Waals surface area contributed by atoms with Crippen LogP contribution in [0, 0.1) is 5.92 Å². The number of rotatable bonds is 4. The molecule has 0 aliphatic carbocycles. The number of hydrogen-bond donors (Lipinski definition) is 1. The van der Waals surface area contributed by atoms with E-state index in [1.165, 1.54) is 39.0 Å². The summed E-state index contributed by atoms with van der Waals surface area (Å²) in [6.45, 7) is 6.09. The fourth-order valence-electron chi connectivity index (χ4n) is 2.39. The average molecular weight is 183 g/mol. The molecule has 76 valence electrons. The van der Waals surface area contributed by atoms with Gasteiger partial charge in [-0.15, -0.1) is 0 Å². The SMILES string of the molecule is CN1CC(N2CC(CCCN)C2)C1. The standard InChI is InChI=1S/C10H21N3/c1-12-7-10(8-12)13-5-9(6-13)3-2-4-11/h9-10H,2-8,11H2,1H3. The van der Waals surface area contributed by atoms with E-state index in [9.17, 15) is 0 Å². The molecule has 2 fully saturated rings. The Hall–Kier alpha value is -0.120. The Morgan fingerprint density at radius 2 is 1.92 bits per heavy atom.